The first-order valence-electron chi connectivity index (χ1n) is 10.7. The van der Waals surface area contributed by atoms with Gasteiger partial charge in [0.1, 0.15) is 35.1 Å². The van der Waals surface area contributed by atoms with E-state index in [2.05, 4.69) is 10.3 Å². The minimum atomic E-state index is -3.10. The van der Waals surface area contributed by atoms with Gasteiger partial charge in [-0.15, -0.1) is 0 Å². The molecule has 0 spiro atoms. The van der Waals surface area contributed by atoms with Crippen LogP contribution in [0.25, 0.3) is 16.9 Å². The fourth-order valence-electron chi connectivity index (χ4n) is 3.42. The third-order valence-electron chi connectivity index (χ3n) is 5.12. The first kappa shape index (κ1) is 22.8. The number of nitrogens with zero attached hydrogens (tertiary/aromatic N) is 2. The van der Waals surface area contributed by atoms with Crippen molar-refractivity contribution < 1.29 is 32.5 Å². The van der Waals surface area contributed by atoms with E-state index >= 15 is 0 Å². The fourth-order valence-corrected chi connectivity index (χ4v) is 3.42. The number of halogens is 2. The van der Waals surface area contributed by atoms with Crippen molar-refractivity contribution in [2.75, 3.05) is 26.9 Å². The van der Waals surface area contributed by atoms with Crippen molar-refractivity contribution in [3.05, 3.63) is 42.2 Å². The second kappa shape index (κ2) is 10.0. The van der Waals surface area contributed by atoms with Crippen LogP contribution in [0.2, 0.25) is 0 Å². The van der Waals surface area contributed by atoms with Crippen LogP contribution in [0, 0.1) is 0 Å². The number of imidazole rings is 1. The van der Waals surface area contributed by atoms with Crippen molar-refractivity contribution in [1.82, 2.24) is 14.7 Å². The number of alkyl halides is 2. The highest BCUT2D eigenvalue weighted by Gasteiger charge is 2.29. The molecule has 1 N–H and O–H groups in total. The SMILES string of the molecule is CCOCCOc1ccn2c(-c3cc(OC)c(C(=O)NC4CC4)c(OC(F)F)c3)cnc2c1. The summed E-state index contributed by atoms with van der Waals surface area (Å²) in [7, 11) is 1.37. The van der Waals surface area contributed by atoms with Crippen molar-refractivity contribution in [3.8, 4) is 28.5 Å². The number of benzene rings is 1. The average molecular weight is 461 g/mol. The number of amides is 1. The quantitative estimate of drug-likeness (QED) is 0.436. The van der Waals surface area contributed by atoms with E-state index in [0.29, 0.717) is 42.5 Å². The third-order valence-corrected chi connectivity index (χ3v) is 5.12. The standard InChI is InChI=1S/C23H25F2N3O5/c1-3-31-8-9-32-16-6-7-28-17(13-26-20(28)12-16)14-10-18(30-2)21(19(11-14)33-23(24)25)22(29)27-15-4-5-15/h6-7,10-13,15,23H,3-5,8-9H2,1-2H3,(H,27,29). The summed E-state index contributed by atoms with van der Waals surface area (Å²) < 4.78 is 49.1. The maximum absolute atomic E-state index is 13.2. The van der Waals surface area contributed by atoms with Gasteiger partial charge in [-0.3, -0.25) is 9.20 Å². The molecule has 0 radical (unpaired) electrons. The Kier molecular flexibility index (Phi) is 6.93. The fraction of sp³-hybridized carbons (Fsp3) is 0.391. The molecule has 0 bridgehead atoms. The molecular formula is C23H25F2N3O5. The summed E-state index contributed by atoms with van der Waals surface area (Å²) in [5, 5.41) is 2.79. The van der Waals surface area contributed by atoms with Crippen LogP contribution in [0.4, 0.5) is 8.78 Å². The molecule has 0 aliphatic heterocycles. The molecule has 2 aromatic heterocycles. The van der Waals surface area contributed by atoms with E-state index in [1.54, 1.807) is 35.0 Å². The van der Waals surface area contributed by atoms with Gasteiger partial charge in [0.2, 0.25) is 0 Å². The zero-order chi connectivity index (χ0) is 23.4. The topological polar surface area (TPSA) is 83.3 Å². The van der Waals surface area contributed by atoms with Crippen LogP contribution in [0.15, 0.2) is 36.7 Å². The van der Waals surface area contributed by atoms with Gasteiger partial charge in [0.15, 0.2) is 0 Å². The number of hydrogen-bond donors (Lipinski definition) is 1. The lowest BCUT2D eigenvalue weighted by Crippen LogP contribution is -2.26. The molecule has 3 aromatic rings. The summed E-state index contributed by atoms with van der Waals surface area (Å²) in [6.45, 7) is 0.323. The summed E-state index contributed by atoms with van der Waals surface area (Å²) in [5.41, 5.74) is 1.65. The molecule has 10 heteroatoms. The lowest BCUT2D eigenvalue weighted by atomic mass is 10.1. The molecule has 0 unspecified atom stereocenters. The number of carbonyl (C=O) groups excluding carboxylic acids is 1. The number of methoxy groups -OCH3 is 1. The number of nitrogens with one attached hydrogen (secondary N) is 1. The summed E-state index contributed by atoms with van der Waals surface area (Å²) >= 11 is 0. The number of ether oxygens (including phenoxy) is 4. The molecule has 1 saturated carbocycles. The van der Waals surface area contributed by atoms with Crippen molar-refractivity contribution in [1.29, 1.82) is 0 Å². The molecule has 2 heterocycles. The van der Waals surface area contributed by atoms with Crippen LogP contribution >= 0.6 is 0 Å². The summed E-state index contributed by atoms with van der Waals surface area (Å²) in [6.07, 6.45) is 5.08. The minimum Gasteiger partial charge on any atom is -0.496 e. The number of hydrogen-bond acceptors (Lipinski definition) is 6. The Morgan fingerprint density at radius 1 is 1.24 bits per heavy atom. The van der Waals surface area contributed by atoms with E-state index in [-0.39, 0.29) is 23.1 Å². The Bertz CT molecular complexity index is 1130. The number of aromatic nitrogens is 2. The van der Waals surface area contributed by atoms with E-state index < -0.39 is 12.5 Å². The van der Waals surface area contributed by atoms with Crippen LogP contribution in [0.1, 0.15) is 30.1 Å². The smallest absolute Gasteiger partial charge is 0.387 e. The molecule has 1 aliphatic rings. The first-order chi connectivity index (χ1) is 16.0. The third kappa shape index (κ3) is 5.33. The van der Waals surface area contributed by atoms with Crippen molar-refractivity contribution in [2.45, 2.75) is 32.4 Å². The Labute approximate surface area is 189 Å². The first-order valence-corrected chi connectivity index (χ1v) is 10.7. The van der Waals surface area contributed by atoms with E-state index in [1.165, 1.54) is 13.2 Å². The summed E-state index contributed by atoms with van der Waals surface area (Å²) in [5.74, 6) is -0.00950. The molecular weight excluding hydrogens is 436 g/mol. The predicted octanol–water partition coefficient (Wildman–Crippen LogP) is 3.92. The number of pyridine rings is 1. The largest absolute Gasteiger partial charge is 0.496 e. The molecule has 1 aromatic carbocycles. The van der Waals surface area contributed by atoms with E-state index in [0.717, 1.165) is 12.8 Å². The molecule has 176 valence electrons. The number of carbonyl (C=O) groups is 1. The van der Waals surface area contributed by atoms with Gasteiger partial charge in [-0.1, -0.05) is 0 Å². The highest BCUT2D eigenvalue weighted by atomic mass is 19.3. The van der Waals surface area contributed by atoms with Gasteiger partial charge in [0.05, 0.1) is 25.6 Å². The molecule has 0 saturated heterocycles. The summed E-state index contributed by atoms with van der Waals surface area (Å²) in [6, 6.07) is 6.59. The second-order valence-electron chi connectivity index (χ2n) is 7.46. The molecule has 1 amide bonds. The van der Waals surface area contributed by atoms with Crippen molar-refractivity contribution >= 4 is 11.6 Å². The molecule has 8 nitrogen and oxygen atoms in total. The van der Waals surface area contributed by atoms with Crippen LogP contribution in [-0.4, -0.2) is 54.9 Å². The van der Waals surface area contributed by atoms with Gasteiger partial charge in [-0.05, 0) is 38.0 Å². The van der Waals surface area contributed by atoms with Crippen LogP contribution in [0.5, 0.6) is 17.2 Å². The molecule has 33 heavy (non-hydrogen) atoms. The molecule has 0 atom stereocenters. The van der Waals surface area contributed by atoms with Crippen LogP contribution < -0.4 is 19.5 Å². The van der Waals surface area contributed by atoms with Crippen LogP contribution in [-0.2, 0) is 4.74 Å². The van der Waals surface area contributed by atoms with Gasteiger partial charge in [-0.2, -0.15) is 8.78 Å². The minimum absolute atomic E-state index is 0.0463. The number of rotatable bonds is 11. The maximum Gasteiger partial charge on any atom is 0.387 e. The molecule has 4 rings (SSSR count). The number of fused-ring (bicyclic) bond motifs is 1. The lowest BCUT2D eigenvalue weighted by molar-refractivity contribution is -0.0502. The van der Waals surface area contributed by atoms with Gasteiger partial charge in [0, 0.05) is 30.5 Å². The Hall–Kier alpha value is -3.40. The van der Waals surface area contributed by atoms with Gasteiger partial charge >= 0.3 is 6.61 Å². The normalized spacial score (nSPS) is 13.4. The van der Waals surface area contributed by atoms with Crippen molar-refractivity contribution in [3.63, 3.8) is 0 Å². The zero-order valence-corrected chi connectivity index (χ0v) is 18.3. The Morgan fingerprint density at radius 3 is 2.73 bits per heavy atom. The monoisotopic (exact) mass is 461 g/mol. The zero-order valence-electron chi connectivity index (χ0n) is 18.3. The average Bonchev–Trinajstić information content (AvgIpc) is 3.50. The van der Waals surface area contributed by atoms with E-state index in [1.807, 2.05) is 6.92 Å². The van der Waals surface area contributed by atoms with Gasteiger partial charge in [0.25, 0.3) is 5.91 Å². The highest BCUT2D eigenvalue weighted by molar-refractivity contribution is 6.01. The summed E-state index contributed by atoms with van der Waals surface area (Å²) in [4.78, 5) is 17.1. The predicted molar refractivity (Wildman–Crippen MR) is 116 cm³/mol. The van der Waals surface area contributed by atoms with Gasteiger partial charge < -0.3 is 24.3 Å². The molecule has 1 aliphatic carbocycles. The maximum atomic E-state index is 13.2. The van der Waals surface area contributed by atoms with E-state index in [4.69, 9.17) is 18.9 Å². The highest BCUT2D eigenvalue weighted by Crippen LogP contribution is 2.37. The lowest BCUT2D eigenvalue weighted by Gasteiger charge is -2.16. The second-order valence-corrected chi connectivity index (χ2v) is 7.46. The molecule has 1 fully saturated rings. The van der Waals surface area contributed by atoms with E-state index in [9.17, 15) is 13.6 Å². The van der Waals surface area contributed by atoms with Crippen molar-refractivity contribution in [2.24, 2.45) is 0 Å². The Balaban J connectivity index is 1.68. The Morgan fingerprint density at radius 2 is 2.03 bits per heavy atom. The van der Waals surface area contributed by atoms with Crippen LogP contribution in [0.3, 0.4) is 0 Å². The van der Waals surface area contributed by atoms with Gasteiger partial charge in [-0.25, -0.2) is 4.98 Å².